The molecule has 6 nitrogen and oxygen atoms in total. The lowest BCUT2D eigenvalue weighted by atomic mass is 10.2. The molecule has 2 unspecified atom stereocenters. The van der Waals surface area contributed by atoms with Gasteiger partial charge in [0, 0.05) is 11.8 Å². The number of carbonyl (C=O) groups is 1. The Morgan fingerprint density at radius 2 is 2.19 bits per heavy atom. The quantitative estimate of drug-likeness (QED) is 0.877. The standard InChI is InChI=1S/C15H16N4O2/c1-10(13-8-17-18-9-13)19-15(20)11(2)21-14-6-4-3-5-12(14)7-16/h3-6,8-11H,1-2H3,(H,17,18)(H,19,20). The van der Waals surface area contributed by atoms with E-state index in [1.165, 1.54) is 0 Å². The summed E-state index contributed by atoms with van der Waals surface area (Å²) in [7, 11) is 0. The van der Waals surface area contributed by atoms with Crippen molar-refractivity contribution in [2.75, 3.05) is 0 Å². The van der Waals surface area contributed by atoms with Crippen LogP contribution >= 0.6 is 0 Å². The summed E-state index contributed by atoms with van der Waals surface area (Å²) in [5.41, 5.74) is 1.29. The van der Waals surface area contributed by atoms with Crippen molar-refractivity contribution in [1.82, 2.24) is 15.5 Å². The van der Waals surface area contributed by atoms with Crippen molar-refractivity contribution in [2.24, 2.45) is 0 Å². The van der Waals surface area contributed by atoms with Crippen molar-refractivity contribution in [3.05, 3.63) is 47.8 Å². The second kappa shape index (κ2) is 6.57. The molecule has 1 aromatic heterocycles. The maximum Gasteiger partial charge on any atom is 0.261 e. The molecule has 0 spiro atoms. The van der Waals surface area contributed by atoms with E-state index in [4.69, 9.17) is 10.00 Å². The summed E-state index contributed by atoms with van der Waals surface area (Å²) >= 11 is 0. The second-order valence-corrected chi connectivity index (χ2v) is 4.63. The third kappa shape index (κ3) is 3.60. The van der Waals surface area contributed by atoms with Crippen LogP contribution in [0.2, 0.25) is 0 Å². The minimum Gasteiger partial charge on any atom is -0.480 e. The number of amides is 1. The van der Waals surface area contributed by atoms with Crippen LogP contribution < -0.4 is 10.1 Å². The van der Waals surface area contributed by atoms with E-state index in [0.29, 0.717) is 11.3 Å². The largest absolute Gasteiger partial charge is 0.480 e. The summed E-state index contributed by atoms with van der Waals surface area (Å²) in [6, 6.07) is 8.68. The zero-order valence-corrected chi connectivity index (χ0v) is 11.8. The van der Waals surface area contributed by atoms with Gasteiger partial charge in [-0.3, -0.25) is 9.89 Å². The Labute approximate surface area is 122 Å². The smallest absolute Gasteiger partial charge is 0.261 e. The van der Waals surface area contributed by atoms with Crippen LogP contribution in [0, 0.1) is 11.3 Å². The number of nitriles is 1. The fourth-order valence-electron chi connectivity index (χ4n) is 1.82. The summed E-state index contributed by atoms with van der Waals surface area (Å²) in [5.74, 6) is 0.148. The third-order valence-electron chi connectivity index (χ3n) is 3.06. The Balaban J connectivity index is 1.98. The van der Waals surface area contributed by atoms with Crippen LogP contribution in [-0.4, -0.2) is 22.2 Å². The van der Waals surface area contributed by atoms with E-state index in [-0.39, 0.29) is 11.9 Å². The van der Waals surface area contributed by atoms with Crippen LogP contribution in [0.1, 0.15) is 31.0 Å². The number of H-pyrrole nitrogens is 1. The topological polar surface area (TPSA) is 90.8 Å². The first-order chi connectivity index (χ1) is 10.1. The summed E-state index contributed by atoms with van der Waals surface area (Å²) in [5, 5.41) is 18.4. The molecule has 0 radical (unpaired) electrons. The molecule has 1 aromatic carbocycles. The lowest BCUT2D eigenvalue weighted by molar-refractivity contribution is -0.127. The highest BCUT2D eigenvalue weighted by molar-refractivity contribution is 5.81. The van der Waals surface area contributed by atoms with Crippen molar-refractivity contribution in [3.8, 4) is 11.8 Å². The number of para-hydroxylation sites is 1. The van der Waals surface area contributed by atoms with E-state index < -0.39 is 6.10 Å². The Kier molecular flexibility index (Phi) is 4.57. The number of benzene rings is 1. The number of aromatic amines is 1. The Hall–Kier alpha value is -2.81. The zero-order valence-electron chi connectivity index (χ0n) is 11.8. The molecule has 1 heterocycles. The Bertz CT molecular complexity index is 646. The molecule has 2 atom stereocenters. The van der Waals surface area contributed by atoms with Gasteiger partial charge in [-0.1, -0.05) is 12.1 Å². The first kappa shape index (κ1) is 14.6. The molecule has 2 aromatic rings. The molecule has 21 heavy (non-hydrogen) atoms. The molecule has 0 aliphatic carbocycles. The average Bonchev–Trinajstić information content (AvgIpc) is 3.02. The zero-order chi connectivity index (χ0) is 15.2. The second-order valence-electron chi connectivity index (χ2n) is 4.63. The summed E-state index contributed by atoms with van der Waals surface area (Å²) in [6.45, 7) is 3.50. The van der Waals surface area contributed by atoms with Crippen molar-refractivity contribution < 1.29 is 9.53 Å². The van der Waals surface area contributed by atoms with Crippen LogP contribution in [-0.2, 0) is 4.79 Å². The van der Waals surface area contributed by atoms with E-state index in [1.807, 2.05) is 13.0 Å². The maximum absolute atomic E-state index is 12.1. The van der Waals surface area contributed by atoms with Crippen LogP contribution in [0.5, 0.6) is 5.75 Å². The van der Waals surface area contributed by atoms with Crippen molar-refractivity contribution in [1.29, 1.82) is 5.26 Å². The monoisotopic (exact) mass is 284 g/mol. The van der Waals surface area contributed by atoms with Crippen molar-refractivity contribution in [3.63, 3.8) is 0 Å². The van der Waals surface area contributed by atoms with Gasteiger partial charge >= 0.3 is 0 Å². The first-order valence-electron chi connectivity index (χ1n) is 6.56. The Morgan fingerprint density at radius 3 is 2.86 bits per heavy atom. The van der Waals surface area contributed by atoms with Crippen LogP contribution in [0.15, 0.2) is 36.7 Å². The molecule has 0 aliphatic rings. The number of nitrogens with one attached hydrogen (secondary N) is 2. The number of nitrogens with zero attached hydrogens (tertiary/aromatic N) is 2. The van der Waals surface area contributed by atoms with E-state index >= 15 is 0 Å². The van der Waals surface area contributed by atoms with Crippen molar-refractivity contribution in [2.45, 2.75) is 26.0 Å². The molecule has 108 valence electrons. The lowest BCUT2D eigenvalue weighted by Gasteiger charge is -2.18. The number of ether oxygens (including phenoxy) is 1. The maximum atomic E-state index is 12.1. The lowest BCUT2D eigenvalue weighted by Crippen LogP contribution is -2.37. The summed E-state index contributed by atoms with van der Waals surface area (Å²) in [4.78, 5) is 12.1. The molecule has 0 fully saturated rings. The van der Waals surface area contributed by atoms with Crippen LogP contribution in [0.4, 0.5) is 0 Å². The molecule has 6 heteroatoms. The minimum absolute atomic E-state index is 0.173. The molecule has 0 aliphatic heterocycles. The van der Waals surface area contributed by atoms with Gasteiger partial charge in [0.1, 0.15) is 11.8 Å². The van der Waals surface area contributed by atoms with Gasteiger partial charge in [-0.15, -0.1) is 0 Å². The fraction of sp³-hybridized carbons (Fsp3) is 0.267. The molecular weight excluding hydrogens is 268 g/mol. The number of hydrogen-bond acceptors (Lipinski definition) is 4. The van der Waals surface area contributed by atoms with E-state index in [1.54, 1.807) is 43.6 Å². The molecule has 0 bridgehead atoms. The van der Waals surface area contributed by atoms with Gasteiger partial charge in [-0.2, -0.15) is 10.4 Å². The summed E-state index contributed by atoms with van der Waals surface area (Å²) in [6.07, 6.45) is 2.68. The third-order valence-corrected chi connectivity index (χ3v) is 3.06. The number of carbonyl (C=O) groups excluding carboxylic acids is 1. The predicted octanol–water partition coefficient (Wildman–Crippen LogP) is 1.93. The van der Waals surface area contributed by atoms with E-state index in [0.717, 1.165) is 5.56 Å². The van der Waals surface area contributed by atoms with Gasteiger partial charge in [0.05, 0.1) is 17.8 Å². The molecule has 2 N–H and O–H groups in total. The van der Waals surface area contributed by atoms with E-state index in [2.05, 4.69) is 15.5 Å². The van der Waals surface area contributed by atoms with Gasteiger partial charge in [-0.05, 0) is 26.0 Å². The molecule has 0 saturated carbocycles. The van der Waals surface area contributed by atoms with Gasteiger partial charge in [0.15, 0.2) is 6.10 Å². The molecule has 1 amide bonds. The van der Waals surface area contributed by atoms with Crippen LogP contribution in [0.3, 0.4) is 0 Å². The SMILES string of the molecule is CC(Oc1ccccc1C#N)C(=O)NC(C)c1cn[nH]c1. The first-order valence-corrected chi connectivity index (χ1v) is 6.56. The minimum atomic E-state index is -0.700. The molecule has 0 saturated heterocycles. The normalized spacial score (nSPS) is 13.0. The van der Waals surface area contributed by atoms with Crippen molar-refractivity contribution >= 4 is 5.91 Å². The van der Waals surface area contributed by atoms with E-state index in [9.17, 15) is 4.79 Å². The number of rotatable bonds is 5. The van der Waals surface area contributed by atoms with Crippen LogP contribution in [0.25, 0.3) is 0 Å². The van der Waals surface area contributed by atoms with Gasteiger partial charge in [-0.25, -0.2) is 0 Å². The Morgan fingerprint density at radius 1 is 1.43 bits per heavy atom. The average molecular weight is 284 g/mol. The van der Waals surface area contributed by atoms with Gasteiger partial charge in [0.2, 0.25) is 0 Å². The number of hydrogen-bond donors (Lipinski definition) is 2. The fourth-order valence-corrected chi connectivity index (χ4v) is 1.82. The van der Waals surface area contributed by atoms with Gasteiger partial charge in [0.25, 0.3) is 5.91 Å². The molecule has 2 rings (SSSR count). The highest BCUT2D eigenvalue weighted by atomic mass is 16.5. The summed E-state index contributed by atoms with van der Waals surface area (Å²) < 4.78 is 5.56. The number of aromatic nitrogens is 2. The predicted molar refractivity (Wildman–Crippen MR) is 76.4 cm³/mol. The molecular formula is C15H16N4O2. The highest BCUT2D eigenvalue weighted by Crippen LogP contribution is 2.18. The van der Waals surface area contributed by atoms with Gasteiger partial charge < -0.3 is 10.1 Å². The highest BCUT2D eigenvalue weighted by Gasteiger charge is 2.19.